The highest BCUT2D eigenvalue weighted by atomic mass is 15.4. The molecule has 3 heterocycles. The molecule has 1 aliphatic rings. The van der Waals surface area contributed by atoms with Crippen molar-refractivity contribution < 1.29 is 0 Å². The van der Waals surface area contributed by atoms with E-state index < -0.39 is 0 Å². The molecular formula is C13H17N5. The lowest BCUT2D eigenvalue weighted by Crippen LogP contribution is -2.27. The van der Waals surface area contributed by atoms with E-state index in [1.165, 1.54) is 0 Å². The summed E-state index contributed by atoms with van der Waals surface area (Å²) in [4.78, 5) is 8.58. The summed E-state index contributed by atoms with van der Waals surface area (Å²) in [5.74, 6) is 2.22. The van der Waals surface area contributed by atoms with Crippen molar-refractivity contribution >= 4 is 5.95 Å². The van der Waals surface area contributed by atoms with Crippen molar-refractivity contribution in [1.82, 2.24) is 19.7 Å². The van der Waals surface area contributed by atoms with Crippen LogP contribution in [0.5, 0.6) is 0 Å². The second kappa shape index (κ2) is 4.40. The van der Waals surface area contributed by atoms with Crippen LogP contribution in [0.3, 0.4) is 0 Å². The molecular weight excluding hydrogens is 226 g/mol. The van der Waals surface area contributed by atoms with E-state index in [9.17, 15) is 0 Å². The fourth-order valence-corrected chi connectivity index (χ4v) is 2.37. The van der Waals surface area contributed by atoms with Crippen LogP contribution >= 0.6 is 0 Å². The summed E-state index contributed by atoms with van der Waals surface area (Å²) >= 11 is 0. The predicted octanol–water partition coefficient (Wildman–Crippen LogP) is 2.35. The highest BCUT2D eigenvalue weighted by Gasteiger charge is 2.25. The lowest BCUT2D eigenvalue weighted by molar-refractivity contribution is 0.322. The van der Waals surface area contributed by atoms with Crippen LogP contribution in [0.1, 0.15) is 26.3 Å². The maximum atomic E-state index is 4.64. The van der Waals surface area contributed by atoms with Gasteiger partial charge in [0.25, 0.3) is 0 Å². The molecule has 5 heteroatoms. The monoisotopic (exact) mass is 243 g/mol. The highest BCUT2D eigenvalue weighted by Crippen LogP contribution is 2.29. The van der Waals surface area contributed by atoms with Gasteiger partial charge in [0.05, 0.1) is 6.04 Å². The number of hydrogen-bond acceptors (Lipinski definition) is 4. The lowest BCUT2D eigenvalue weighted by atomic mass is 10.0. The molecule has 0 radical (unpaired) electrons. The number of hydrogen-bond donors (Lipinski definition) is 1. The van der Waals surface area contributed by atoms with Crippen molar-refractivity contribution in [1.29, 1.82) is 0 Å². The zero-order valence-corrected chi connectivity index (χ0v) is 10.7. The molecule has 0 saturated carbocycles. The van der Waals surface area contributed by atoms with Crippen LogP contribution in [0.25, 0.3) is 11.4 Å². The highest BCUT2D eigenvalue weighted by molar-refractivity contribution is 5.55. The molecule has 1 N–H and O–H groups in total. The van der Waals surface area contributed by atoms with Gasteiger partial charge in [-0.25, -0.2) is 4.68 Å². The number of pyridine rings is 1. The Kier molecular flexibility index (Phi) is 2.74. The first-order valence-corrected chi connectivity index (χ1v) is 6.36. The van der Waals surface area contributed by atoms with Crippen LogP contribution in [-0.2, 0) is 0 Å². The standard InChI is InChI=1S/C13H17N5/c1-9(2)11-5-8-15-13-16-12(17-18(11)13)10-3-6-14-7-4-10/h3-4,6-7,9,11H,5,8H2,1-2H3,(H,15,16,17). The normalized spacial score (nSPS) is 18.5. The molecule has 18 heavy (non-hydrogen) atoms. The Hall–Kier alpha value is -1.91. The molecule has 0 amide bonds. The van der Waals surface area contributed by atoms with Crippen LogP contribution in [-0.4, -0.2) is 26.3 Å². The van der Waals surface area contributed by atoms with Gasteiger partial charge in [-0.3, -0.25) is 4.98 Å². The third-order valence-electron chi connectivity index (χ3n) is 3.38. The van der Waals surface area contributed by atoms with E-state index in [4.69, 9.17) is 0 Å². The summed E-state index contributed by atoms with van der Waals surface area (Å²) in [6.45, 7) is 5.43. The van der Waals surface area contributed by atoms with Crippen LogP contribution in [0, 0.1) is 5.92 Å². The average Bonchev–Trinajstić information content (AvgIpc) is 2.83. The molecule has 2 aromatic rings. The van der Waals surface area contributed by atoms with Gasteiger partial charge in [0.1, 0.15) is 0 Å². The summed E-state index contributed by atoms with van der Waals surface area (Å²) in [7, 11) is 0. The van der Waals surface area contributed by atoms with Crippen molar-refractivity contribution in [2.75, 3.05) is 11.9 Å². The van der Waals surface area contributed by atoms with Crippen LogP contribution in [0.4, 0.5) is 5.95 Å². The second-order valence-electron chi connectivity index (χ2n) is 4.97. The van der Waals surface area contributed by atoms with Crippen molar-refractivity contribution in [3.05, 3.63) is 24.5 Å². The number of aromatic nitrogens is 4. The third-order valence-corrected chi connectivity index (χ3v) is 3.38. The van der Waals surface area contributed by atoms with Gasteiger partial charge in [0, 0.05) is 24.5 Å². The number of anilines is 1. The van der Waals surface area contributed by atoms with Crippen molar-refractivity contribution in [3.63, 3.8) is 0 Å². The van der Waals surface area contributed by atoms with E-state index in [0.29, 0.717) is 12.0 Å². The zero-order chi connectivity index (χ0) is 12.5. The van der Waals surface area contributed by atoms with E-state index in [-0.39, 0.29) is 0 Å². The van der Waals surface area contributed by atoms with Crippen LogP contribution in [0.15, 0.2) is 24.5 Å². The minimum atomic E-state index is 0.435. The minimum Gasteiger partial charge on any atom is -0.354 e. The SMILES string of the molecule is CC(C)C1CCNc2nc(-c3ccncc3)nn21. The summed E-state index contributed by atoms with van der Waals surface area (Å²) < 4.78 is 2.03. The van der Waals surface area contributed by atoms with Gasteiger partial charge in [-0.05, 0) is 24.5 Å². The van der Waals surface area contributed by atoms with Crippen molar-refractivity contribution in [2.45, 2.75) is 26.3 Å². The van der Waals surface area contributed by atoms with Crippen molar-refractivity contribution in [2.24, 2.45) is 5.92 Å². The Bertz CT molecular complexity index is 532. The molecule has 1 unspecified atom stereocenters. The lowest BCUT2D eigenvalue weighted by Gasteiger charge is -2.27. The van der Waals surface area contributed by atoms with Gasteiger partial charge >= 0.3 is 0 Å². The van der Waals surface area contributed by atoms with E-state index in [0.717, 1.165) is 30.3 Å². The summed E-state index contributed by atoms with van der Waals surface area (Å²) in [6.07, 6.45) is 4.63. The van der Waals surface area contributed by atoms with Crippen LogP contribution in [0.2, 0.25) is 0 Å². The molecule has 5 nitrogen and oxygen atoms in total. The zero-order valence-electron chi connectivity index (χ0n) is 10.7. The minimum absolute atomic E-state index is 0.435. The third kappa shape index (κ3) is 1.85. The van der Waals surface area contributed by atoms with Crippen molar-refractivity contribution in [3.8, 4) is 11.4 Å². The molecule has 0 fully saturated rings. The largest absolute Gasteiger partial charge is 0.354 e. The fourth-order valence-electron chi connectivity index (χ4n) is 2.37. The molecule has 0 spiro atoms. The summed E-state index contributed by atoms with van der Waals surface area (Å²) in [5, 5.41) is 7.95. The Balaban J connectivity index is 2.01. The predicted molar refractivity (Wildman–Crippen MR) is 70.2 cm³/mol. The number of nitrogens with zero attached hydrogens (tertiary/aromatic N) is 4. The first kappa shape index (κ1) is 11.2. The van der Waals surface area contributed by atoms with Gasteiger partial charge in [-0.2, -0.15) is 4.98 Å². The summed E-state index contributed by atoms with van der Waals surface area (Å²) in [5.41, 5.74) is 1.01. The first-order valence-electron chi connectivity index (χ1n) is 6.36. The Labute approximate surface area is 106 Å². The maximum Gasteiger partial charge on any atom is 0.221 e. The van der Waals surface area contributed by atoms with Gasteiger partial charge in [0.15, 0.2) is 5.82 Å². The van der Waals surface area contributed by atoms with Gasteiger partial charge in [0.2, 0.25) is 5.95 Å². The second-order valence-corrected chi connectivity index (χ2v) is 4.97. The molecule has 0 bridgehead atoms. The Morgan fingerprint density at radius 1 is 1.33 bits per heavy atom. The topological polar surface area (TPSA) is 55.6 Å². The molecule has 2 aromatic heterocycles. The molecule has 1 aliphatic heterocycles. The Morgan fingerprint density at radius 3 is 2.83 bits per heavy atom. The van der Waals surface area contributed by atoms with Crippen LogP contribution < -0.4 is 5.32 Å². The molecule has 3 rings (SSSR count). The smallest absolute Gasteiger partial charge is 0.221 e. The quantitative estimate of drug-likeness (QED) is 0.879. The first-order chi connectivity index (χ1) is 8.75. The van der Waals surface area contributed by atoms with E-state index in [1.54, 1.807) is 12.4 Å². The van der Waals surface area contributed by atoms with E-state index in [2.05, 4.69) is 34.2 Å². The number of rotatable bonds is 2. The van der Waals surface area contributed by atoms with E-state index in [1.807, 2.05) is 16.8 Å². The number of fused-ring (bicyclic) bond motifs is 1. The average molecular weight is 243 g/mol. The van der Waals surface area contributed by atoms with Gasteiger partial charge < -0.3 is 5.32 Å². The molecule has 94 valence electrons. The summed E-state index contributed by atoms with van der Waals surface area (Å²) in [6, 6.07) is 4.31. The molecule has 0 saturated heterocycles. The molecule has 1 atom stereocenters. The van der Waals surface area contributed by atoms with E-state index >= 15 is 0 Å². The molecule has 0 aromatic carbocycles. The maximum absolute atomic E-state index is 4.64. The molecule has 0 aliphatic carbocycles. The fraction of sp³-hybridized carbons (Fsp3) is 0.462. The van der Waals surface area contributed by atoms with Gasteiger partial charge in [-0.1, -0.05) is 13.8 Å². The van der Waals surface area contributed by atoms with Gasteiger partial charge in [-0.15, -0.1) is 5.10 Å². The number of nitrogens with one attached hydrogen (secondary N) is 1. The Morgan fingerprint density at radius 2 is 2.11 bits per heavy atom.